The number of aliphatic hydroxyl groups is 1. The second-order valence-electron chi connectivity index (χ2n) is 5.16. The fraction of sp³-hybridized carbons (Fsp3) is 0.438. The molecule has 0 fully saturated rings. The fourth-order valence-corrected chi connectivity index (χ4v) is 2.32. The summed E-state index contributed by atoms with van der Waals surface area (Å²) < 4.78 is 5.34. The van der Waals surface area contributed by atoms with Crippen molar-refractivity contribution in [2.24, 2.45) is 10.7 Å². The summed E-state index contributed by atoms with van der Waals surface area (Å²) in [5.41, 5.74) is 9.14. The van der Waals surface area contributed by atoms with Crippen LogP contribution in [0.1, 0.15) is 22.5 Å². The first kappa shape index (κ1) is 18.1. The number of ether oxygens (including phenoxy) is 1. The number of anilines is 1. The molecule has 2 aromatic heterocycles. The maximum atomic E-state index is 9.64. The Hall–Kier alpha value is -2.29. The average molecular weight is 332 g/mol. The van der Waals surface area contributed by atoms with E-state index in [0.717, 1.165) is 11.1 Å². The van der Waals surface area contributed by atoms with E-state index in [1.54, 1.807) is 13.2 Å². The van der Waals surface area contributed by atoms with Crippen LogP contribution in [0, 0.1) is 6.92 Å². The molecular weight excluding hydrogens is 308 g/mol. The standard InChI is InChI=1S/C16H24N6O2/c1-11-12(10-23)9-14(19-6-8-24-7-4-17)21-15(11)16(18-2)13-3-5-20-22-13/h3,5,9,23H,4,6-8,10,17H2,1-2H3,(H,19,21)(H,20,22)/b18-16-. The van der Waals surface area contributed by atoms with Crippen LogP contribution in [-0.2, 0) is 11.3 Å². The lowest BCUT2D eigenvalue weighted by Crippen LogP contribution is -2.17. The highest BCUT2D eigenvalue weighted by Crippen LogP contribution is 2.20. The van der Waals surface area contributed by atoms with Crippen molar-refractivity contribution in [3.63, 3.8) is 0 Å². The van der Waals surface area contributed by atoms with E-state index in [-0.39, 0.29) is 6.61 Å². The maximum Gasteiger partial charge on any atom is 0.127 e. The largest absolute Gasteiger partial charge is 0.392 e. The predicted octanol–water partition coefficient (Wildman–Crippen LogP) is 0.460. The van der Waals surface area contributed by atoms with Gasteiger partial charge in [-0.1, -0.05) is 0 Å². The van der Waals surface area contributed by atoms with Crippen molar-refractivity contribution < 1.29 is 9.84 Å². The van der Waals surface area contributed by atoms with E-state index < -0.39 is 0 Å². The number of hydrogen-bond donors (Lipinski definition) is 4. The van der Waals surface area contributed by atoms with Gasteiger partial charge in [-0.05, 0) is 30.2 Å². The van der Waals surface area contributed by atoms with Crippen LogP contribution < -0.4 is 11.1 Å². The first-order valence-corrected chi connectivity index (χ1v) is 7.81. The summed E-state index contributed by atoms with van der Waals surface area (Å²) >= 11 is 0. The Morgan fingerprint density at radius 2 is 2.29 bits per heavy atom. The topological polar surface area (TPSA) is 121 Å². The van der Waals surface area contributed by atoms with E-state index in [2.05, 4.69) is 25.5 Å². The van der Waals surface area contributed by atoms with Crippen LogP contribution in [0.5, 0.6) is 0 Å². The highest BCUT2D eigenvalue weighted by Gasteiger charge is 2.16. The molecule has 130 valence electrons. The van der Waals surface area contributed by atoms with Crippen molar-refractivity contribution in [3.05, 3.63) is 40.8 Å². The van der Waals surface area contributed by atoms with Crippen molar-refractivity contribution >= 4 is 11.5 Å². The fourth-order valence-electron chi connectivity index (χ4n) is 2.32. The minimum absolute atomic E-state index is 0.0722. The summed E-state index contributed by atoms with van der Waals surface area (Å²) in [5.74, 6) is 0.660. The predicted molar refractivity (Wildman–Crippen MR) is 93.4 cm³/mol. The summed E-state index contributed by atoms with van der Waals surface area (Å²) in [7, 11) is 1.70. The zero-order valence-corrected chi connectivity index (χ0v) is 14.0. The molecule has 0 atom stereocenters. The van der Waals surface area contributed by atoms with E-state index in [1.807, 2.05) is 19.1 Å². The summed E-state index contributed by atoms with van der Waals surface area (Å²) in [6.45, 7) is 4.01. The molecule has 0 spiro atoms. The number of nitrogens with two attached hydrogens (primary N) is 1. The first-order valence-electron chi connectivity index (χ1n) is 7.81. The van der Waals surface area contributed by atoms with Gasteiger partial charge in [-0.25, -0.2) is 4.98 Å². The number of H-pyrrole nitrogens is 1. The number of pyridine rings is 1. The molecule has 24 heavy (non-hydrogen) atoms. The molecule has 0 bridgehead atoms. The Labute approximate surface area is 141 Å². The van der Waals surface area contributed by atoms with Gasteiger partial charge in [0, 0.05) is 26.3 Å². The minimum Gasteiger partial charge on any atom is -0.392 e. The number of rotatable bonds is 9. The van der Waals surface area contributed by atoms with Gasteiger partial charge in [0.25, 0.3) is 0 Å². The SMILES string of the molecule is C/N=C(/c1cc[nH]n1)c1nc(NCCOCCN)cc(CO)c1C. The van der Waals surface area contributed by atoms with Gasteiger partial charge in [0.15, 0.2) is 0 Å². The third-order valence-electron chi connectivity index (χ3n) is 3.56. The van der Waals surface area contributed by atoms with Gasteiger partial charge in [-0.3, -0.25) is 10.1 Å². The zero-order chi connectivity index (χ0) is 17.4. The molecule has 0 amide bonds. The summed E-state index contributed by atoms with van der Waals surface area (Å²) in [6.07, 6.45) is 1.74. The molecule has 0 saturated carbocycles. The third-order valence-corrected chi connectivity index (χ3v) is 3.56. The van der Waals surface area contributed by atoms with E-state index in [0.29, 0.717) is 49.2 Å². The average Bonchev–Trinajstić information content (AvgIpc) is 3.12. The second kappa shape index (κ2) is 9.11. The number of aromatic amines is 1. The lowest BCUT2D eigenvalue weighted by molar-refractivity contribution is 0.151. The molecule has 0 unspecified atom stereocenters. The normalized spacial score (nSPS) is 11.8. The molecule has 5 N–H and O–H groups in total. The number of aliphatic imine (C=N–C) groups is 1. The van der Waals surface area contributed by atoms with Gasteiger partial charge in [-0.2, -0.15) is 5.10 Å². The van der Waals surface area contributed by atoms with Crippen LogP contribution in [0.4, 0.5) is 5.82 Å². The highest BCUT2D eigenvalue weighted by molar-refractivity contribution is 6.11. The first-order chi connectivity index (χ1) is 11.7. The summed E-state index contributed by atoms with van der Waals surface area (Å²) in [6, 6.07) is 3.67. The van der Waals surface area contributed by atoms with E-state index in [9.17, 15) is 5.11 Å². The van der Waals surface area contributed by atoms with Crippen molar-refractivity contribution in [2.45, 2.75) is 13.5 Å². The second-order valence-corrected chi connectivity index (χ2v) is 5.16. The van der Waals surface area contributed by atoms with Crippen LogP contribution in [0.2, 0.25) is 0 Å². The molecule has 0 aliphatic rings. The van der Waals surface area contributed by atoms with Crippen LogP contribution in [0.25, 0.3) is 0 Å². The van der Waals surface area contributed by atoms with E-state index in [1.165, 1.54) is 0 Å². The van der Waals surface area contributed by atoms with Crippen molar-refractivity contribution in [2.75, 3.05) is 38.7 Å². The van der Waals surface area contributed by atoms with Gasteiger partial charge in [-0.15, -0.1) is 0 Å². The van der Waals surface area contributed by atoms with Gasteiger partial charge in [0.1, 0.15) is 17.2 Å². The van der Waals surface area contributed by atoms with Gasteiger partial charge in [0.2, 0.25) is 0 Å². The van der Waals surface area contributed by atoms with Crippen molar-refractivity contribution in [1.29, 1.82) is 0 Å². The molecule has 0 saturated heterocycles. The minimum atomic E-state index is -0.0722. The van der Waals surface area contributed by atoms with Crippen molar-refractivity contribution in [3.8, 4) is 0 Å². The Kier molecular flexibility index (Phi) is 6.86. The van der Waals surface area contributed by atoms with Crippen LogP contribution in [-0.4, -0.2) is 59.4 Å². The smallest absolute Gasteiger partial charge is 0.127 e. The Morgan fingerprint density at radius 3 is 2.92 bits per heavy atom. The monoisotopic (exact) mass is 332 g/mol. The Morgan fingerprint density at radius 1 is 1.46 bits per heavy atom. The molecule has 0 aromatic carbocycles. The number of nitrogens with zero attached hydrogens (tertiary/aromatic N) is 3. The molecular formula is C16H24N6O2. The highest BCUT2D eigenvalue weighted by atomic mass is 16.5. The van der Waals surface area contributed by atoms with E-state index in [4.69, 9.17) is 10.5 Å². The number of hydrogen-bond acceptors (Lipinski definition) is 7. The van der Waals surface area contributed by atoms with Crippen LogP contribution >= 0.6 is 0 Å². The summed E-state index contributed by atoms with van der Waals surface area (Å²) in [4.78, 5) is 8.96. The zero-order valence-electron chi connectivity index (χ0n) is 14.0. The van der Waals surface area contributed by atoms with Crippen molar-refractivity contribution in [1.82, 2.24) is 15.2 Å². The molecule has 2 aromatic rings. The number of aliphatic hydroxyl groups excluding tert-OH is 1. The van der Waals surface area contributed by atoms with E-state index >= 15 is 0 Å². The lowest BCUT2D eigenvalue weighted by atomic mass is 10.0. The molecule has 0 aliphatic heterocycles. The molecule has 2 heterocycles. The lowest BCUT2D eigenvalue weighted by Gasteiger charge is -2.14. The summed E-state index contributed by atoms with van der Waals surface area (Å²) in [5, 5.41) is 19.8. The molecule has 2 rings (SSSR count). The van der Waals surface area contributed by atoms with Gasteiger partial charge in [0.05, 0.1) is 25.5 Å². The van der Waals surface area contributed by atoms with Crippen LogP contribution in [0.3, 0.4) is 0 Å². The van der Waals surface area contributed by atoms with Gasteiger partial charge < -0.3 is 20.9 Å². The Bertz CT molecular complexity index is 669. The van der Waals surface area contributed by atoms with Gasteiger partial charge >= 0.3 is 0 Å². The molecule has 8 heteroatoms. The number of aromatic nitrogens is 3. The maximum absolute atomic E-state index is 9.64. The quantitative estimate of drug-likeness (QED) is 0.391. The van der Waals surface area contributed by atoms with Crippen LogP contribution in [0.15, 0.2) is 23.3 Å². The molecule has 0 aliphatic carbocycles. The molecule has 0 radical (unpaired) electrons. The molecule has 8 nitrogen and oxygen atoms in total. The Balaban J connectivity index is 2.25. The number of nitrogens with one attached hydrogen (secondary N) is 2. The third kappa shape index (κ3) is 4.38.